The summed E-state index contributed by atoms with van der Waals surface area (Å²) in [5.74, 6) is 1.97. The molecule has 1 aliphatic heterocycles. The van der Waals surface area contributed by atoms with E-state index in [1.54, 1.807) is 0 Å². The van der Waals surface area contributed by atoms with Gasteiger partial charge < -0.3 is 14.6 Å². The zero-order chi connectivity index (χ0) is 31.4. The van der Waals surface area contributed by atoms with Gasteiger partial charge in [0.2, 0.25) is 0 Å². The van der Waals surface area contributed by atoms with Gasteiger partial charge in [-0.1, -0.05) is 121 Å². The predicted molar refractivity (Wildman–Crippen MR) is 188 cm³/mol. The minimum Gasteiger partial charge on any atom is -0.503 e. The third-order valence-electron chi connectivity index (χ3n) is 8.06. The Balaban J connectivity index is 0.00000364. The molecule has 7 heteroatoms. The molecule has 0 unspecified atom stereocenters. The Bertz CT molecular complexity index is 2090. The summed E-state index contributed by atoms with van der Waals surface area (Å²) in [5, 5.41) is 11.9. The van der Waals surface area contributed by atoms with E-state index in [9.17, 15) is 0 Å². The van der Waals surface area contributed by atoms with Gasteiger partial charge in [-0.2, -0.15) is 11.2 Å². The second kappa shape index (κ2) is 14.1. The summed E-state index contributed by atoms with van der Waals surface area (Å²) < 4.78 is 8.44. The van der Waals surface area contributed by atoms with Gasteiger partial charge in [0.05, 0.1) is 11.7 Å². The molecule has 48 heavy (non-hydrogen) atoms. The number of para-hydroxylation sites is 1. The summed E-state index contributed by atoms with van der Waals surface area (Å²) in [4.78, 5) is 2.08. The molecule has 0 radical (unpaired) electrons. The van der Waals surface area contributed by atoms with Gasteiger partial charge in [-0.25, -0.2) is 5.10 Å². The summed E-state index contributed by atoms with van der Waals surface area (Å²) in [5.41, 5.74) is 6.67. The van der Waals surface area contributed by atoms with Crippen molar-refractivity contribution >= 4 is 17.2 Å². The van der Waals surface area contributed by atoms with E-state index in [2.05, 4.69) is 101 Å². The molecule has 238 valence electrons. The van der Waals surface area contributed by atoms with E-state index in [1.807, 2.05) is 90.5 Å². The zero-order valence-corrected chi connectivity index (χ0v) is 28.1. The van der Waals surface area contributed by atoms with Crippen LogP contribution in [0.3, 0.4) is 0 Å². The zero-order valence-electron chi connectivity index (χ0n) is 25.8. The third-order valence-corrected chi connectivity index (χ3v) is 8.06. The molecular weight excluding hydrogens is 774 g/mol. The smallest absolute Gasteiger partial charge is 0.129 e. The fourth-order valence-corrected chi connectivity index (χ4v) is 5.77. The molecule has 6 nitrogen and oxygen atoms in total. The molecule has 0 bridgehead atoms. The molecule has 0 saturated carbocycles. The van der Waals surface area contributed by atoms with Gasteiger partial charge in [0.15, 0.2) is 0 Å². The minimum absolute atomic E-state index is 0. The molecule has 1 atom stereocenters. The summed E-state index contributed by atoms with van der Waals surface area (Å²) >= 11 is 0. The quantitative estimate of drug-likeness (QED) is 0.144. The molecule has 6 aromatic rings. The molecule has 2 heterocycles. The number of aromatic nitrogens is 2. The number of benzene rings is 5. The van der Waals surface area contributed by atoms with Crippen LogP contribution in [0.2, 0.25) is 0 Å². The maximum absolute atomic E-state index is 6.33. The Morgan fingerprint density at radius 1 is 0.708 bits per heavy atom. The molecule has 2 aliphatic rings. The third kappa shape index (κ3) is 6.53. The van der Waals surface area contributed by atoms with Crippen molar-refractivity contribution in [1.82, 2.24) is 9.78 Å². The second-order valence-electron chi connectivity index (χ2n) is 11.2. The number of allylic oxidation sites excluding steroid dienone is 4. The first-order valence-electron chi connectivity index (χ1n) is 15.6. The average molecular weight is 804 g/mol. The van der Waals surface area contributed by atoms with Crippen molar-refractivity contribution in [3.05, 3.63) is 182 Å². The first-order valence-corrected chi connectivity index (χ1v) is 15.6. The number of hydrogen-bond donors (Lipinski definition) is 0. The van der Waals surface area contributed by atoms with Crippen LogP contribution in [0.15, 0.2) is 163 Å². The second-order valence-corrected chi connectivity index (χ2v) is 11.2. The van der Waals surface area contributed by atoms with Crippen LogP contribution in [-0.2, 0) is 21.1 Å². The fraction of sp³-hybridized carbons (Fsp3) is 0.0488. The van der Waals surface area contributed by atoms with E-state index >= 15 is 0 Å². The largest absolute Gasteiger partial charge is 0.503 e. The van der Waals surface area contributed by atoms with Crippen molar-refractivity contribution in [3.8, 4) is 34.0 Å². The maximum atomic E-state index is 6.33. The van der Waals surface area contributed by atoms with Crippen LogP contribution in [0, 0.1) is 18.8 Å². The van der Waals surface area contributed by atoms with E-state index in [-0.39, 0.29) is 27.1 Å². The maximum Gasteiger partial charge on any atom is 0.129 e. The minimum atomic E-state index is 0. The van der Waals surface area contributed by atoms with Crippen LogP contribution in [0.25, 0.3) is 22.5 Å². The Hall–Kier alpha value is -5.45. The van der Waals surface area contributed by atoms with Crippen LogP contribution >= 0.6 is 0 Å². The van der Waals surface area contributed by atoms with Gasteiger partial charge in [0.25, 0.3) is 0 Å². The van der Waals surface area contributed by atoms with Gasteiger partial charge in [0.1, 0.15) is 5.84 Å². The average Bonchev–Trinajstić information content (AvgIpc) is 3.80. The number of anilines is 2. The Kier molecular flexibility index (Phi) is 9.17. The van der Waals surface area contributed by atoms with E-state index in [0.29, 0.717) is 11.5 Å². The molecule has 0 N–H and O–H groups in total. The van der Waals surface area contributed by atoms with Crippen LogP contribution < -0.4 is 14.6 Å². The number of ether oxygens (including phenoxy) is 1. The monoisotopic (exact) mass is 803 g/mol. The molecule has 0 spiro atoms. The van der Waals surface area contributed by atoms with Crippen LogP contribution in [-0.4, -0.2) is 15.6 Å². The van der Waals surface area contributed by atoms with Crippen molar-refractivity contribution < 1.29 is 25.8 Å². The first-order chi connectivity index (χ1) is 23.3. The van der Waals surface area contributed by atoms with Crippen molar-refractivity contribution in [3.63, 3.8) is 0 Å². The fourth-order valence-electron chi connectivity index (χ4n) is 5.77. The predicted octanol–water partition coefficient (Wildman–Crippen LogP) is 9.47. The molecule has 8 rings (SSSR count). The van der Waals surface area contributed by atoms with Crippen LogP contribution in [0.5, 0.6) is 11.5 Å². The number of amidine groups is 1. The first kappa shape index (κ1) is 31.2. The Morgan fingerprint density at radius 3 is 2.12 bits per heavy atom. The number of hydrogen-bond acceptors (Lipinski definition) is 5. The molecule has 5 aromatic carbocycles. The number of hydrazone groups is 1. The molecule has 1 aromatic heterocycles. The van der Waals surface area contributed by atoms with Crippen molar-refractivity contribution in [2.45, 2.75) is 12.5 Å². The van der Waals surface area contributed by atoms with Crippen LogP contribution in [0.4, 0.5) is 11.4 Å². The van der Waals surface area contributed by atoms with E-state index < -0.39 is 0 Å². The Morgan fingerprint density at radius 2 is 1.40 bits per heavy atom. The molecule has 0 fully saturated rings. The summed E-state index contributed by atoms with van der Waals surface area (Å²) in [6.07, 6.45) is 9.44. The van der Waals surface area contributed by atoms with E-state index in [4.69, 9.17) is 14.9 Å². The SMILES string of the molecule is [Pt].[c-]1c(Oc2[c-]c(N3[CH-]N(c4ccccc4)C(c4ccccc4)=N3)ccc2)cccc1-c1cc(-c2ccccc2)n([C@@H]2C=CC=CC2)n1. The topological polar surface area (TPSA) is 45.9 Å². The molecule has 1 aliphatic carbocycles. The van der Waals surface area contributed by atoms with Gasteiger partial charge in [-0.3, -0.25) is 4.68 Å². The Labute approximate surface area is 295 Å². The van der Waals surface area contributed by atoms with Gasteiger partial charge in [-0.05, 0) is 24.1 Å². The molecule has 0 amide bonds. The van der Waals surface area contributed by atoms with Gasteiger partial charge >= 0.3 is 0 Å². The van der Waals surface area contributed by atoms with E-state index in [0.717, 1.165) is 51.7 Å². The normalized spacial score (nSPS) is 15.2. The standard InChI is InChI=1S/C41H30N5O.Pt/c1-5-15-31(16-6-1)40-29-39(42-46(40)35-22-11-4-12-23-35)33-19-13-25-37(27-33)47-38-26-14-24-36(28-38)45-30-44(34-20-9-3-10-21-34)41(43-45)32-17-7-2-8-18-32;/h1-22,24-26,29-30,35H,23H2;/q-3;/t35-;/m1./s1. The number of rotatable bonds is 8. The summed E-state index contributed by atoms with van der Waals surface area (Å²) in [6, 6.07) is 51.6. The molecular formula is C41H30N5OPt-3. The number of nitrogens with zero attached hydrogens (tertiary/aromatic N) is 5. The van der Waals surface area contributed by atoms with E-state index in [1.165, 1.54) is 0 Å². The van der Waals surface area contributed by atoms with Crippen molar-refractivity contribution in [2.24, 2.45) is 5.10 Å². The van der Waals surface area contributed by atoms with Gasteiger partial charge in [0, 0.05) is 49.5 Å². The summed E-state index contributed by atoms with van der Waals surface area (Å²) in [6.45, 7) is 1.97. The van der Waals surface area contributed by atoms with Gasteiger partial charge in [-0.15, -0.1) is 48.6 Å². The van der Waals surface area contributed by atoms with Crippen molar-refractivity contribution in [1.29, 1.82) is 0 Å². The molecule has 0 saturated heterocycles. The van der Waals surface area contributed by atoms with Crippen molar-refractivity contribution in [2.75, 3.05) is 9.91 Å². The van der Waals surface area contributed by atoms with Crippen LogP contribution in [0.1, 0.15) is 18.0 Å². The summed E-state index contributed by atoms with van der Waals surface area (Å²) in [7, 11) is 0.